The highest BCUT2D eigenvalue weighted by Crippen LogP contribution is 2.42. The van der Waals surface area contributed by atoms with Gasteiger partial charge < -0.3 is 14.2 Å². The van der Waals surface area contributed by atoms with Gasteiger partial charge in [-0.15, -0.1) is 0 Å². The van der Waals surface area contributed by atoms with Crippen LogP contribution in [0, 0.1) is 0 Å². The Morgan fingerprint density at radius 1 is 1.11 bits per heavy atom. The Kier molecular flexibility index (Phi) is 5.90. The fourth-order valence-corrected chi connectivity index (χ4v) is 4.11. The fourth-order valence-electron chi connectivity index (χ4n) is 3.74. The Labute approximate surface area is 165 Å². The fraction of sp³-hybridized carbons (Fsp3) is 0.350. The Morgan fingerprint density at radius 3 is 2.39 bits per heavy atom. The minimum atomic E-state index is -4.39. The van der Waals surface area contributed by atoms with Crippen LogP contribution in [0.4, 0.5) is 5.69 Å². The number of carbonyl (C=O) groups excluding carboxylic acids is 1. The second kappa shape index (κ2) is 8.20. The molecule has 0 spiro atoms. The highest BCUT2D eigenvalue weighted by atomic mass is 32.2. The third kappa shape index (κ3) is 4.63. The van der Waals surface area contributed by atoms with Crippen LogP contribution >= 0.6 is 0 Å². The van der Waals surface area contributed by atoms with Crippen molar-refractivity contribution in [2.45, 2.75) is 37.1 Å². The Morgan fingerprint density at radius 2 is 1.79 bits per heavy atom. The van der Waals surface area contributed by atoms with E-state index in [-0.39, 0.29) is 6.04 Å². The molecule has 1 aliphatic rings. The number of hydrogen-bond acceptors (Lipinski definition) is 6. The summed E-state index contributed by atoms with van der Waals surface area (Å²) >= 11 is 0. The summed E-state index contributed by atoms with van der Waals surface area (Å²) in [5, 5.41) is 8.42. The first-order valence-corrected chi connectivity index (χ1v) is 10.5. The molecule has 1 aliphatic carbocycles. The minimum absolute atomic E-state index is 0.170. The van der Waals surface area contributed by atoms with E-state index in [1.54, 1.807) is 24.3 Å². The summed E-state index contributed by atoms with van der Waals surface area (Å²) in [7, 11) is -2.86. The van der Waals surface area contributed by atoms with E-state index in [2.05, 4.69) is 9.50 Å². The SMILES string of the molecule is COc1cccc(C2(C(=O)OS(N)(=O)=O)CCC(Nc3ccccc3)CC2)c1. The van der Waals surface area contributed by atoms with Crippen LogP contribution in [-0.2, 0) is 24.7 Å². The van der Waals surface area contributed by atoms with Crippen LogP contribution in [0.5, 0.6) is 5.75 Å². The molecule has 7 nitrogen and oxygen atoms in total. The molecular formula is C20H24N2O5S. The number of nitrogens with two attached hydrogens (primary N) is 1. The van der Waals surface area contributed by atoms with Crippen LogP contribution < -0.4 is 15.2 Å². The van der Waals surface area contributed by atoms with Crippen molar-refractivity contribution in [3.05, 3.63) is 60.2 Å². The largest absolute Gasteiger partial charge is 0.497 e. The molecule has 0 unspecified atom stereocenters. The van der Waals surface area contributed by atoms with Crippen LogP contribution in [0.2, 0.25) is 0 Å². The van der Waals surface area contributed by atoms with Gasteiger partial charge in [0.1, 0.15) is 5.75 Å². The summed E-state index contributed by atoms with van der Waals surface area (Å²) in [5.74, 6) is -0.258. The van der Waals surface area contributed by atoms with Gasteiger partial charge in [0.15, 0.2) is 0 Å². The van der Waals surface area contributed by atoms with Crippen LogP contribution in [-0.4, -0.2) is 27.5 Å². The minimum Gasteiger partial charge on any atom is -0.497 e. The Bertz CT molecular complexity index is 923. The lowest BCUT2D eigenvalue weighted by Crippen LogP contribution is -2.44. The van der Waals surface area contributed by atoms with Crippen LogP contribution in [0.15, 0.2) is 54.6 Å². The van der Waals surface area contributed by atoms with Gasteiger partial charge in [0.05, 0.1) is 12.5 Å². The van der Waals surface area contributed by atoms with Crippen molar-refractivity contribution in [1.29, 1.82) is 0 Å². The van der Waals surface area contributed by atoms with Crippen LogP contribution in [0.25, 0.3) is 0 Å². The first kappa shape index (κ1) is 20.2. The number of carbonyl (C=O) groups is 1. The molecule has 0 saturated heterocycles. The van der Waals surface area contributed by atoms with Gasteiger partial charge in [0.25, 0.3) is 0 Å². The van der Waals surface area contributed by atoms with E-state index in [1.807, 2.05) is 30.3 Å². The molecule has 3 rings (SSSR count). The van der Waals surface area contributed by atoms with Gasteiger partial charge >= 0.3 is 16.3 Å². The Balaban J connectivity index is 1.85. The summed E-state index contributed by atoms with van der Waals surface area (Å²) in [6.45, 7) is 0. The van der Waals surface area contributed by atoms with E-state index in [0.29, 0.717) is 37.0 Å². The lowest BCUT2D eigenvalue weighted by atomic mass is 9.68. The molecule has 0 aliphatic heterocycles. The van der Waals surface area contributed by atoms with Crippen LogP contribution in [0.3, 0.4) is 0 Å². The van der Waals surface area contributed by atoms with Crippen LogP contribution in [0.1, 0.15) is 31.2 Å². The standard InChI is InChI=1S/C20H24N2O5S/c1-26-18-9-5-6-15(14-18)20(19(23)27-28(21,24)25)12-10-17(11-13-20)22-16-7-3-2-4-8-16/h2-9,14,17,22H,10-13H2,1H3,(H2,21,24,25). The Hall–Kier alpha value is -2.58. The second-order valence-electron chi connectivity index (χ2n) is 6.96. The van der Waals surface area contributed by atoms with Crippen molar-refractivity contribution in [3.8, 4) is 5.75 Å². The topological polar surface area (TPSA) is 108 Å². The summed E-state index contributed by atoms with van der Waals surface area (Å²) < 4.78 is 32.6. The lowest BCUT2D eigenvalue weighted by molar-refractivity contribution is -0.141. The third-order valence-corrected chi connectivity index (χ3v) is 5.57. The molecule has 0 aromatic heterocycles. The van der Waals surface area contributed by atoms with Gasteiger partial charge in [-0.1, -0.05) is 30.3 Å². The summed E-state index contributed by atoms with van der Waals surface area (Å²) in [6, 6.07) is 17.1. The molecule has 28 heavy (non-hydrogen) atoms. The molecule has 0 atom stereocenters. The number of para-hydroxylation sites is 1. The molecule has 3 N–H and O–H groups in total. The number of ether oxygens (including phenoxy) is 1. The van der Waals surface area contributed by atoms with Gasteiger partial charge in [0, 0.05) is 11.7 Å². The molecule has 150 valence electrons. The van der Waals surface area contributed by atoms with Crippen molar-refractivity contribution < 1.29 is 22.1 Å². The van der Waals surface area contributed by atoms with E-state index in [1.165, 1.54) is 7.11 Å². The maximum atomic E-state index is 12.9. The molecule has 2 aromatic carbocycles. The van der Waals surface area contributed by atoms with E-state index in [9.17, 15) is 13.2 Å². The zero-order valence-corrected chi connectivity index (χ0v) is 16.4. The molecule has 2 aromatic rings. The number of nitrogens with one attached hydrogen (secondary N) is 1. The number of rotatable bonds is 6. The van der Waals surface area contributed by atoms with Crippen molar-refractivity contribution in [2.24, 2.45) is 5.14 Å². The smallest absolute Gasteiger partial charge is 0.382 e. The number of methoxy groups -OCH3 is 1. The summed E-state index contributed by atoms with van der Waals surface area (Å²) in [6.07, 6.45) is 2.20. The molecule has 0 bridgehead atoms. The maximum Gasteiger partial charge on any atom is 0.382 e. The predicted octanol–water partition coefficient (Wildman–Crippen LogP) is 2.73. The van der Waals surface area contributed by atoms with Gasteiger partial charge in [-0.2, -0.15) is 13.6 Å². The van der Waals surface area contributed by atoms with Crippen molar-refractivity contribution in [1.82, 2.24) is 0 Å². The highest BCUT2D eigenvalue weighted by Gasteiger charge is 2.46. The number of hydrogen-bond donors (Lipinski definition) is 2. The van der Waals surface area contributed by atoms with Gasteiger partial charge in [-0.3, -0.25) is 0 Å². The molecule has 8 heteroatoms. The zero-order chi connectivity index (χ0) is 20.2. The van der Waals surface area contributed by atoms with Gasteiger partial charge in [-0.25, -0.2) is 4.79 Å². The van der Waals surface area contributed by atoms with Crippen molar-refractivity contribution in [3.63, 3.8) is 0 Å². The van der Waals surface area contributed by atoms with Crippen molar-refractivity contribution >= 4 is 22.0 Å². The molecule has 0 heterocycles. The lowest BCUT2D eigenvalue weighted by Gasteiger charge is -2.38. The molecule has 1 fully saturated rings. The van der Waals surface area contributed by atoms with E-state index >= 15 is 0 Å². The van der Waals surface area contributed by atoms with E-state index in [0.717, 1.165) is 5.69 Å². The first-order chi connectivity index (χ1) is 13.3. The average molecular weight is 404 g/mol. The van der Waals surface area contributed by atoms with Gasteiger partial charge in [-0.05, 0) is 55.5 Å². The quantitative estimate of drug-likeness (QED) is 0.766. The van der Waals surface area contributed by atoms with E-state index in [4.69, 9.17) is 9.88 Å². The van der Waals surface area contributed by atoms with E-state index < -0.39 is 21.7 Å². The first-order valence-electron chi connectivity index (χ1n) is 9.05. The number of anilines is 1. The number of benzene rings is 2. The summed E-state index contributed by atoms with van der Waals surface area (Å²) in [5.41, 5.74) is 0.586. The normalized spacial score (nSPS) is 22.3. The maximum absolute atomic E-state index is 12.9. The summed E-state index contributed by atoms with van der Waals surface area (Å²) in [4.78, 5) is 12.9. The molecule has 0 radical (unpaired) electrons. The zero-order valence-electron chi connectivity index (χ0n) is 15.6. The predicted molar refractivity (Wildman–Crippen MR) is 106 cm³/mol. The third-order valence-electron chi connectivity index (χ3n) is 5.19. The van der Waals surface area contributed by atoms with Gasteiger partial charge in [0.2, 0.25) is 0 Å². The molecule has 0 amide bonds. The highest BCUT2D eigenvalue weighted by molar-refractivity contribution is 7.84. The van der Waals surface area contributed by atoms with Crippen molar-refractivity contribution in [2.75, 3.05) is 12.4 Å². The molecular weight excluding hydrogens is 380 g/mol. The average Bonchev–Trinajstić information content (AvgIpc) is 2.68. The monoisotopic (exact) mass is 404 g/mol. The molecule has 1 saturated carbocycles. The second-order valence-corrected chi connectivity index (χ2v) is 8.11.